The Bertz CT molecular complexity index is 1420. The topological polar surface area (TPSA) is 74.2 Å². The average Bonchev–Trinajstić information content (AvgIpc) is 3.84. The molecule has 40 heavy (non-hydrogen) atoms. The van der Waals surface area contributed by atoms with Gasteiger partial charge in [0, 0.05) is 59.5 Å². The van der Waals surface area contributed by atoms with Gasteiger partial charge in [0.15, 0.2) is 0 Å². The van der Waals surface area contributed by atoms with E-state index in [0.717, 1.165) is 78.8 Å². The number of thioether (sulfide) groups is 1. The fourth-order valence-corrected chi connectivity index (χ4v) is 7.31. The molecule has 4 heterocycles. The molecule has 0 spiro atoms. The van der Waals surface area contributed by atoms with Crippen LogP contribution in [0.25, 0.3) is 10.6 Å². The molecule has 0 saturated heterocycles. The molecule has 3 aromatic heterocycles. The number of amides is 1. The molecule has 2 fully saturated rings. The van der Waals surface area contributed by atoms with Crippen molar-refractivity contribution < 1.29 is 18.0 Å². The Kier molecular flexibility index (Phi) is 7.51. The Morgan fingerprint density at radius 1 is 1.23 bits per heavy atom. The molecule has 0 bridgehead atoms. The van der Waals surface area contributed by atoms with Crippen LogP contribution in [0.3, 0.4) is 0 Å². The van der Waals surface area contributed by atoms with Crippen LogP contribution in [0.2, 0.25) is 0 Å². The van der Waals surface area contributed by atoms with E-state index in [-0.39, 0.29) is 11.6 Å². The lowest BCUT2D eigenvalue weighted by molar-refractivity contribution is -0.137. The SMILES string of the molecule is Cc1sc(-c2nc(Nc3nc4c(cc3C3CC3)CN(C)CC4)ncc2C(F)(F)F)cc1SCCN(C=O)C1CC1. The van der Waals surface area contributed by atoms with Crippen LogP contribution >= 0.6 is 23.1 Å². The zero-order chi connectivity index (χ0) is 28.0. The van der Waals surface area contributed by atoms with Crippen LogP contribution in [-0.4, -0.2) is 63.1 Å². The number of likely N-dealkylation sites (N-methyl/N-ethyl adjacent to an activating group) is 1. The van der Waals surface area contributed by atoms with Crippen LogP contribution in [0.4, 0.5) is 24.9 Å². The average molecular weight is 589 g/mol. The Labute approximate surface area is 239 Å². The molecular formula is C28H31F3N6OS2. The third-order valence-electron chi connectivity index (χ3n) is 7.60. The minimum absolute atomic E-state index is 0.108. The maximum Gasteiger partial charge on any atom is 0.420 e. The smallest absolute Gasteiger partial charge is 0.341 e. The van der Waals surface area contributed by atoms with E-state index in [1.54, 1.807) is 17.8 Å². The number of anilines is 2. The molecule has 12 heteroatoms. The van der Waals surface area contributed by atoms with Gasteiger partial charge in [0.05, 0.1) is 10.6 Å². The van der Waals surface area contributed by atoms with Crippen LogP contribution in [0.15, 0.2) is 23.2 Å². The number of rotatable bonds is 10. The summed E-state index contributed by atoms with van der Waals surface area (Å²) >= 11 is 2.84. The monoisotopic (exact) mass is 588 g/mol. The van der Waals surface area contributed by atoms with E-state index in [0.29, 0.717) is 35.0 Å². The van der Waals surface area contributed by atoms with Crippen molar-refractivity contribution in [1.29, 1.82) is 0 Å². The first-order valence-corrected chi connectivity index (χ1v) is 15.4. The quantitative estimate of drug-likeness (QED) is 0.222. The predicted octanol–water partition coefficient (Wildman–Crippen LogP) is 6.25. The van der Waals surface area contributed by atoms with Gasteiger partial charge in [-0.25, -0.2) is 15.0 Å². The van der Waals surface area contributed by atoms with Gasteiger partial charge in [-0.15, -0.1) is 23.1 Å². The van der Waals surface area contributed by atoms with Gasteiger partial charge in [0.2, 0.25) is 12.4 Å². The first kappa shape index (κ1) is 27.5. The van der Waals surface area contributed by atoms with E-state index < -0.39 is 11.7 Å². The summed E-state index contributed by atoms with van der Waals surface area (Å²) in [5.74, 6) is 1.83. The first-order chi connectivity index (χ1) is 19.2. The summed E-state index contributed by atoms with van der Waals surface area (Å²) in [6.07, 6.45) is 2.21. The standard InChI is InChI=1S/C28H31F3N6OS2/c1-16-23(39-10-9-37(15-38)19-5-6-19)12-24(40-16)25-21(28(29,30)31)13-32-27(34-25)35-26-20(17-3-4-17)11-18-14-36(2)8-7-22(18)33-26/h11-13,15,17,19H,3-10,14H2,1-2H3,(H,32,33,34,35). The van der Waals surface area contributed by atoms with Crippen LogP contribution in [0.5, 0.6) is 0 Å². The molecule has 2 aliphatic carbocycles. The summed E-state index contributed by atoms with van der Waals surface area (Å²) in [5.41, 5.74) is 2.32. The largest absolute Gasteiger partial charge is 0.420 e. The van der Waals surface area contributed by atoms with Crippen molar-refractivity contribution in [2.24, 2.45) is 0 Å². The summed E-state index contributed by atoms with van der Waals surface area (Å²) < 4.78 is 42.2. The van der Waals surface area contributed by atoms with Crippen molar-refractivity contribution in [1.82, 2.24) is 24.8 Å². The van der Waals surface area contributed by atoms with Gasteiger partial charge in [0.1, 0.15) is 11.4 Å². The number of hydrogen-bond donors (Lipinski definition) is 1. The zero-order valence-electron chi connectivity index (χ0n) is 22.4. The number of fused-ring (bicyclic) bond motifs is 1. The highest BCUT2D eigenvalue weighted by Gasteiger charge is 2.36. The first-order valence-electron chi connectivity index (χ1n) is 13.6. The van der Waals surface area contributed by atoms with Crippen LogP contribution in [0.1, 0.15) is 58.9 Å². The Balaban J connectivity index is 1.28. The highest BCUT2D eigenvalue weighted by molar-refractivity contribution is 7.99. The fourth-order valence-electron chi connectivity index (χ4n) is 5.09. The molecular weight excluding hydrogens is 557 g/mol. The van der Waals surface area contributed by atoms with E-state index in [2.05, 4.69) is 33.3 Å². The van der Waals surface area contributed by atoms with Crippen molar-refractivity contribution >= 4 is 41.3 Å². The number of pyridine rings is 1. The van der Waals surface area contributed by atoms with Crippen LogP contribution < -0.4 is 5.32 Å². The number of alkyl halides is 3. The van der Waals surface area contributed by atoms with E-state index in [9.17, 15) is 18.0 Å². The van der Waals surface area contributed by atoms with Gasteiger partial charge in [-0.2, -0.15) is 13.2 Å². The molecule has 212 valence electrons. The molecule has 0 atom stereocenters. The van der Waals surface area contributed by atoms with Gasteiger partial charge >= 0.3 is 6.18 Å². The lowest BCUT2D eigenvalue weighted by Gasteiger charge is -2.26. The molecule has 3 aromatic rings. The number of carbonyl (C=O) groups is 1. The highest BCUT2D eigenvalue weighted by Crippen LogP contribution is 2.45. The number of nitrogens with one attached hydrogen (secondary N) is 1. The Morgan fingerprint density at radius 2 is 2.02 bits per heavy atom. The second kappa shape index (κ2) is 10.9. The van der Waals surface area contributed by atoms with Gasteiger partial charge in [0.25, 0.3) is 0 Å². The number of carbonyl (C=O) groups excluding carboxylic acids is 1. The molecule has 1 amide bonds. The summed E-state index contributed by atoms with van der Waals surface area (Å²) in [6.45, 7) is 4.27. The van der Waals surface area contributed by atoms with Gasteiger partial charge in [-0.05, 0) is 68.8 Å². The Morgan fingerprint density at radius 3 is 2.73 bits per heavy atom. The molecule has 0 unspecified atom stereocenters. The van der Waals surface area contributed by atoms with Crippen molar-refractivity contribution in [3.8, 4) is 10.6 Å². The summed E-state index contributed by atoms with van der Waals surface area (Å²) in [6, 6.07) is 4.31. The molecule has 6 rings (SSSR count). The number of halogens is 3. The predicted molar refractivity (Wildman–Crippen MR) is 151 cm³/mol. The minimum atomic E-state index is -4.59. The third-order valence-corrected chi connectivity index (χ3v) is 9.90. The van der Waals surface area contributed by atoms with E-state index in [1.165, 1.54) is 16.9 Å². The lowest BCUT2D eigenvalue weighted by Crippen LogP contribution is -2.27. The van der Waals surface area contributed by atoms with Crippen molar-refractivity contribution in [2.75, 3.05) is 31.2 Å². The van der Waals surface area contributed by atoms with E-state index in [1.807, 2.05) is 11.8 Å². The van der Waals surface area contributed by atoms with Gasteiger partial charge in [-0.1, -0.05) is 0 Å². The summed E-state index contributed by atoms with van der Waals surface area (Å²) in [4.78, 5) is 31.0. The number of hydrogen-bond acceptors (Lipinski definition) is 8. The number of aromatic nitrogens is 3. The molecule has 2 saturated carbocycles. The van der Waals surface area contributed by atoms with Crippen LogP contribution in [-0.2, 0) is 23.9 Å². The van der Waals surface area contributed by atoms with E-state index >= 15 is 0 Å². The van der Waals surface area contributed by atoms with Crippen LogP contribution in [0, 0.1) is 6.92 Å². The maximum atomic E-state index is 14.1. The normalized spacial score (nSPS) is 17.5. The maximum absolute atomic E-state index is 14.1. The van der Waals surface area contributed by atoms with Crippen molar-refractivity contribution in [3.05, 3.63) is 45.6 Å². The fraction of sp³-hybridized carbons (Fsp3) is 0.500. The molecule has 1 N–H and O–H groups in total. The lowest BCUT2D eigenvalue weighted by atomic mass is 10.0. The molecule has 0 radical (unpaired) electrons. The molecule has 3 aliphatic rings. The van der Waals surface area contributed by atoms with Gasteiger partial charge in [-0.3, -0.25) is 4.79 Å². The second-order valence-corrected chi connectivity index (χ2v) is 13.2. The molecule has 7 nitrogen and oxygen atoms in total. The van der Waals surface area contributed by atoms with Gasteiger partial charge < -0.3 is 15.1 Å². The highest BCUT2D eigenvalue weighted by atomic mass is 32.2. The van der Waals surface area contributed by atoms with Crippen molar-refractivity contribution in [2.45, 2.75) is 68.6 Å². The van der Waals surface area contributed by atoms with Crippen molar-refractivity contribution in [3.63, 3.8) is 0 Å². The Hall–Kier alpha value is -2.70. The molecule has 1 aliphatic heterocycles. The minimum Gasteiger partial charge on any atom is -0.341 e. The number of aryl methyl sites for hydroxylation is 1. The zero-order valence-corrected chi connectivity index (χ0v) is 24.1. The van der Waals surface area contributed by atoms with E-state index in [4.69, 9.17) is 4.98 Å². The summed E-state index contributed by atoms with van der Waals surface area (Å²) in [7, 11) is 2.09. The number of nitrogens with zero attached hydrogens (tertiary/aromatic N) is 5. The molecule has 0 aromatic carbocycles. The third kappa shape index (κ3) is 5.99. The number of thiophene rings is 1. The second-order valence-electron chi connectivity index (χ2n) is 10.8. The summed E-state index contributed by atoms with van der Waals surface area (Å²) in [5, 5.41) is 3.18.